The van der Waals surface area contributed by atoms with Crippen LogP contribution in [0.3, 0.4) is 0 Å². The quantitative estimate of drug-likeness (QED) is 0.813. The highest BCUT2D eigenvalue weighted by molar-refractivity contribution is 7.98. The van der Waals surface area contributed by atoms with Crippen molar-refractivity contribution in [2.75, 3.05) is 11.9 Å². The number of hydrogen-bond acceptors (Lipinski definition) is 4. The Hall–Kier alpha value is -1.49. The molecule has 0 aromatic carbocycles. The van der Waals surface area contributed by atoms with Crippen LogP contribution >= 0.6 is 11.8 Å². The molecule has 2 aromatic heterocycles. The average molecular weight is 262 g/mol. The molecule has 0 spiro atoms. The Morgan fingerprint density at radius 1 is 1.39 bits per heavy atom. The zero-order chi connectivity index (χ0) is 12.8. The number of aromatic nitrogens is 3. The number of thioether (sulfide) groups is 1. The predicted molar refractivity (Wildman–Crippen MR) is 75.8 cm³/mol. The van der Waals surface area contributed by atoms with Gasteiger partial charge in [-0.25, -0.2) is 4.98 Å². The van der Waals surface area contributed by atoms with Crippen LogP contribution in [0.5, 0.6) is 0 Å². The summed E-state index contributed by atoms with van der Waals surface area (Å²) in [5, 5.41) is 7.45. The van der Waals surface area contributed by atoms with Crippen molar-refractivity contribution in [3.8, 4) is 0 Å². The van der Waals surface area contributed by atoms with Crippen LogP contribution in [0.4, 0.5) is 5.82 Å². The fraction of sp³-hybridized carbons (Fsp3) is 0.385. The maximum Gasteiger partial charge on any atom is 0.126 e. The summed E-state index contributed by atoms with van der Waals surface area (Å²) in [5.74, 6) is 1.83. The lowest BCUT2D eigenvalue weighted by atomic mass is 10.3. The molecule has 96 valence electrons. The molecule has 1 N–H and O–H groups in total. The summed E-state index contributed by atoms with van der Waals surface area (Å²) in [7, 11) is 1.93. The SMILES string of the molecule is CCCNc1cccc(CSc2cnn(C)c2)n1. The lowest BCUT2D eigenvalue weighted by Gasteiger charge is -2.05. The van der Waals surface area contributed by atoms with Crippen molar-refractivity contribution >= 4 is 17.6 Å². The molecular weight excluding hydrogens is 244 g/mol. The van der Waals surface area contributed by atoms with Crippen LogP contribution in [-0.4, -0.2) is 21.3 Å². The highest BCUT2D eigenvalue weighted by atomic mass is 32.2. The number of pyridine rings is 1. The smallest absolute Gasteiger partial charge is 0.126 e. The van der Waals surface area contributed by atoms with Crippen molar-refractivity contribution < 1.29 is 0 Å². The van der Waals surface area contributed by atoms with Crippen LogP contribution in [0.2, 0.25) is 0 Å². The van der Waals surface area contributed by atoms with Gasteiger partial charge < -0.3 is 5.32 Å². The molecule has 0 radical (unpaired) electrons. The molecule has 0 saturated heterocycles. The molecule has 2 rings (SSSR count). The van der Waals surface area contributed by atoms with Gasteiger partial charge in [0.15, 0.2) is 0 Å². The Morgan fingerprint density at radius 2 is 2.28 bits per heavy atom. The van der Waals surface area contributed by atoms with Gasteiger partial charge in [-0.3, -0.25) is 4.68 Å². The third-order valence-electron chi connectivity index (χ3n) is 2.43. The van der Waals surface area contributed by atoms with Crippen molar-refractivity contribution in [3.63, 3.8) is 0 Å². The van der Waals surface area contributed by atoms with Gasteiger partial charge in [0, 0.05) is 30.4 Å². The number of nitrogens with zero attached hydrogens (tertiary/aromatic N) is 3. The number of anilines is 1. The van der Waals surface area contributed by atoms with Gasteiger partial charge in [-0.05, 0) is 18.6 Å². The third kappa shape index (κ3) is 3.77. The van der Waals surface area contributed by atoms with E-state index in [0.717, 1.165) is 30.2 Å². The zero-order valence-corrected chi connectivity index (χ0v) is 11.6. The Bertz CT molecular complexity index is 495. The molecule has 0 unspecified atom stereocenters. The van der Waals surface area contributed by atoms with Crippen LogP contribution in [-0.2, 0) is 12.8 Å². The Kier molecular flexibility index (Phi) is 4.64. The molecule has 0 atom stereocenters. The van der Waals surface area contributed by atoms with Gasteiger partial charge in [0.05, 0.1) is 11.9 Å². The summed E-state index contributed by atoms with van der Waals surface area (Å²) < 4.78 is 1.81. The molecular formula is C13H18N4S. The van der Waals surface area contributed by atoms with Crippen LogP contribution in [0.15, 0.2) is 35.5 Å². The second-order valence-electron chi connectivity index (χ2n) is 4.08. The van der Waals surface area contributed by atoms with E-state index in [0.29, 0.717) is 0 Å². The van der Waals surface area contributed by atoms with E-state index in [1.165, 1.54) is 4.90 Å². The third-order valence-corrected chi connectivity index (χ3v) is 3.42. The van der Waals surface area contributed by atoms with E-state index >= 15 is 0 Å². The Labute approximate surface area is 112 Å². The van der Waals surface area contributed by atoms with Gasteiger partial charge in [-0.15, -0.1) is 11.8 Å². The lowest BCUT2D eigenvalue weighted by molar-refractivity contribution is 0.766. The highest BCUT2D eigenvalue weighted by Gasteiger charge is 2.01. The van der Waals surface area contributed by atoms with E-state index in [9.17, 15) is 0 Å². The van der Waals surface area contributed by atoms with Gasteiger partial charge in [-0.1, -0.05) is 13.0 Å². The first-order valence-corrected chi connectivity index (χ1v) is 7.07. The van der Waals surface area contributed by atoms with E-state index < -0.39 is 0 Å². The molecule has 0 aliphatic rings. The van der Waals surface area contributed by atoms with Crippen molar-refractivity contribution in [1.82, 2.24) is 14.8 Å². The highest BCUT2D eigenvalue weighted by Crippen LogP contribution is 2.21. The average Bonchev–Trinajstić information content (AvgIpc) is 2.80. The first-order valence-electron chi connectivity index (χ1n) is 6.09. The van der Waals surface area contributed by atoms with E-state index in [1.54, 1.807) is 11.8 Å². The largest absolute Gasteiger partial charge is 0.370 e. The van der Waals surface area contributed by atoms with Crippen LogP contribution in [0.25, 0.3) is 0 Å². The van der Waals surface area contributed by atoms with Crippen LogP contribution in [0, 0.1) is 0 Å². The summed E-state index contributed by atoms with van der Waals surface area (Å²) in [5.41, 5.74) is 1.09. The summed E-state index contributed by atoms with van der Waals surface area (Å²) in [6, 6.07) is 6.11. The van der Waals surface area contributed by atoms with Crippen molar-refractivity contribution in [3.05, 3.63) is 36.3 Å². The molecule has 0 fully saturated rings. The van der Waals surface area contributed by atoms with Gasteiger partial charge in [-0.2, -0.15) is 5.10 Å². The first kappa shape index (κ1) is 13.0. The van der Waals surface area contributed by atoms with E-state index in [2.05, 4.69) is 28.4 Å². The number of nitrogens with one attached hydrogen (secondary N) is 1. The number of rotatable bonds is 6. The first-order chi connectivity index (χ1) is 8.78. The maximum absolute atomic E-state index is 4.57. The topological polar surface area (TPSA) is 42.7 Å². The fourth-order valence-electron chi connectivity index (χ4n) is 1.54. The molecule has 0 amide bonds. The molecule has 2 heterocycles. The Balaban J connectivity index is 1.92. The molecule has 0 bridgehead atoms. The molecule has 18 heavy (non-hydrogen) atoms. The molecule has 4 nitrogen and oxygen atoms in total. The summed E-state index contributed by atoms with van der Waals surface area (Å²) in [6.07, 6.45) is 5.00. The molecule has 0 saturated carbocycles. The fourth-order valence-corrected chi connectivity index (χ4v) is 2.37. The Morgan fingerprint density at radius 3 is 3.00 bits per heavy atom. The van der Waals surface area contributed by atoms with E-state index in [-0.39, 0.29) is 0 Å². The van der Waals surface area contributed by atoms with Gasteiger partial charge in [0.1, 0.15) is 5.82 Å². The van der Waals surface area contributed by atoms with Gasteiger partial charge in [0.25, 0.3) is 0 Å². The molecule has 0 aliphatic heterocycles. The minimum absolute atomic E-state index is 0.868. The van der Waals surface area contributed by atoms with Crippen LogP contribution < -0.4 is 5.32 Å². The van der Waals surface area contributed by atoms with Gasteiger partial charge in [0.2, 0.25) is 0 Å². The standard InChI is InChI=1S/C13H18N4S/c1-3-7-14-13-6-4-5-11(16-13)10-18-12-8-15-17(2)9-12/h4-6,8-9H,3,7,10H2,1-2H3,(H,14,16). The monoisotopic (exact) mass is 262 g/mol. The molecule has 2 aromatic rings. The van der Waals surface area contributed by atoms with Crippen molar-refractivity contribution in [1.29, 1.82) is 0 Å². The maximum atomic E-state index is 4.57. The number of aryl methyl sites for hydroxylation is 1. The van der Waals surface area contributed by atoms with Crippen molar-refractivity contribution in [2.45, 2.75) is 24.0 Å². The second kappa shape index (κ2) is 6.44. The zero-order valence-electron chi connectivity index (χ0n) is 10.8. The summed E-state index contributed by atoms with van der Waals surface area (Å²) in [6.45, 7) is 3.11. The minimum Gasteiger partial charge on any atom is -0.370 e. The predicted octanol–water partition coefficient (Wildman–Crippen LogP) is 2.93. The normalized spacial score (nSPS) is 10.6. The van der Waals surface area contributed by atoms with Crippen molar-refractivity contribution in [2.24, 2.45) is 7.05 Å². The second-order valence-corrected chi connectivity index (χ2v) is 5.13. The molecule has 0 aliphatic carbocycles. The van der Waals surface area contributed by atoms with E-state index in [1.807, 2.05) is 36.3 Å². The summed E-state index contributed by atoms with van der Waals surface area (Å²) >= 11 is 1.75. The summed E-state index contributed by atoms with van der Waals surface area (Å²) in [4.78, 5) is 5.75. The van der Waals surface area contributed by atoms with Crippen LogP contribution in [0.1, 0.15) is 19.0 Å². The number of hydrogen-bond donors (Lipinski definition) is 1. The van der Waals surface area contributed by atoms with E-state index in [4.69, 9.17) is 0 Å². The van der Waals surface area contributed by atoms with Gasteiger partial charge >= 0.3 is 0 Å². The molecule has 5 heteroatoms. The minimum atomic E-state index is 0.868. The lowest BCUT2D eigenvalue weighted by Crippen LogP contribution is -2.02.